The monoisotopic (exact) mass is 462 g/mol. The zero-order valence-electron chi connectivity index (χ0n) is 16.8. The predicted molar refractivity (Wildman–Crippen MR) is 111 cm³/mol. The van der Waals surface area contributed by atoms with Crippen LogP contribution in [0.3, 0.4) is 0 Å². The van der Waals surface area contributed by atoms with E-state index in [4.69, 9.17) is 0 Å². The first-order valence-corrected chi connectivity index (χ1v) is 11.2. The van der Waals surface area contributed by atoms with E-state index in [1.807, 2.05) is 0 Å². The number of hydrogen-bond donors (Lipinski definition) is 0. The second-order valence-electron chi connectivity index (χ2n) is 7.43. The third kappa shape index (κ3) is 3.87. The topological polar surface area (TPSA) is 121 Å². The predicted octanol–water partition coefficient (Wildman–Crippen LogP) is 1.37. The number of imide groups is 1. The van der Waals surface area contributed by atoms with Gasteiger partial charge in [0.1, 0.15) is 5.82 Å². The van der Waals surface area contributed by atoms with E-state index in [-0.39, 0.29) is 48.9 Å². The highest BCUT2D eigenvalue weighted by molar-refractivity contribution is 7.89. The van der Waals surface area contributed by atoms with Crippen LogP contribution in [0.2, 0.25) is 0 Å². The number of non-ortho nitro benzene ring substituents is 1. The van der Waals surface area contributed by atoms with Crippen LogP contribution in [-0.2, 0) is 19.6 Å². The maximum atomic E-state index is 14.1. The van der Waals surface area contributed by atoms with Crippen LogP contribution in [0.1, 0.15) is 6.42 Å². The number of anilines is 1. The number of para-hydroxylation sites is 1. The molecule has 2 amide bonds. The normalized spacial score (nSPS) is 20.7. The summed E-state index contributed by atoms with van der Waals surface area (Å²) < 4.78 is 41.0. The highest BCUT2D eigenvalue weighted by Gasteiger charge is 2.44. The van der Waals surface area contributed by atoms with Gasteiger partial charge in [-0.2, -0.15) is 4.31 Å². The van der Waals surface area contributed by atoms with Crippen LogP contribution in [0.25, 0.3) is 0 Å². The summed E-state index contributed by atoms with van der Waals surface area (Å²) in [6.07, 6.45) is -0.109. The SMILES string of the molecule is O=C1C[C@@H](N2CCN(S(=O)(=O)c3ccc([N+](=O)[O-])cc3)CC2)C(=O)N1c1ccccc1F. The van der Waals surface area contributed by atoms with Crippen LogP contribution < -0.4 is 4.90 Å². The van der Waals surface area contributed by atoms with E-state index >= 15 is 0 Å². The first-order valence-electron chi connectivity index (χ1n) is 9.80. The van der Waals surface area contributed by atoms with Gasteiger partial charge in [-0.3, -0.25) is 24.6 Å². The van der Waals surface area contributed by atoms with Crippen molar-refractivity contribution in [2.24, 2.45) is 0 Å². The van der Waals surface area contributed by atoms with Gasteiger partial charge in [0.2, 0.25) is 15.9 Å². The number of carbonyl (C=O) groups is 2. The van der Waals surface area contributed by atoms with E-state index in [0.717, 1.165) is 17.0 Å². The molecule has 2 aliphatic rings. The molecular weight excluding hydrogens is 443 g/mol. The summed E-state index contributed by atoms with van der Waals surface area (Å²) in [5, 5.41) is 10.8. The molecular formula is C20H19FN4O6S. The Hall–Kier alpha value is -3.22. The molecule has 168 valence electrons. The van der Waals surface area contributed by atoms with E-state index in [0.29, 0.717) is 0 Å². The van der Waals surface area contributed by atoms with Gasteiger partial charge in [0.15, 0.2) is 0 Å². The molecule has 0 saturated carbocycles. The van der Waals surface area contributed by atoms with E-state index in [9.17, 15) is 32.5 Å². The molecule has 0 radical (unpaired) electrons. The van der Waals surface area contributed by atoms with Crippen molar-refractivity contribution < 1.29 is 27.3 Å². The number of nitro groups is 1. The highest BCUT2D eigenvalue weighted by Crippen LogP contribution is 2.29. The Balaban J connectivity index is 1.44. The molecule has 2 fully saturated rings. The van der Waals surface area contributed by atoms with Gasteiger partial charge in [-0.15, -0.1) is 0 Å². The number of sulfonamides is 1. The Morgan fingerprint density at radius 1 is 0.969 bits per heavy atom. The maximum absolute atomic E-state index is 14.1. The minimum Gasteiger partial charge on any atom is -0.289 e. The molecule has 2 saturated heterocycles. The molecule has 0 aliphatic carbocycles. The van der Waals surface area contributed by atoms with Crippen molar-refractivity contribution in [1.82, 2.24) is 9.21 Å². The molecule has 4 rings (SSSR count). The van der Waals surface area contributed by atoms with Gasteiger partial charge in [-0.05, 0) is 24.3 Å². The summed E-state index contributed by atoms with van der Waals surface area (Å²) >= 11 is 0. The van der Waals surface area contributed by atoms with Crippen molar-refractivity contribution in [3.63, 3.8) is 0 Å². The molecule has 2 heterocycles. The number of nitro benzene ring substituents is 1. The van der Waals surface area contributed by atoms with Crippen LogP contribution in [0.15, 0.2) is 53.4 Å². The first kappa shape index (κ1) is 22.0. The Morgan fingerprint density at radius 3 is 2.19 bits per heavy atom. The van der Waals surface area contributed by atoms with Crippen molar-refractivity contribution in [2.75, 3.05) is 31.1 Å². The Morgan fingerprint density at radius 2 is 1.59 bits per heavy atom. The van der Waals surface area contributed by atoms with Gasteiger partial charge < -0.3 is 0 Å². The second-order valence-corrected chi connectivity index (χ2v) is 9.37. The molecule has 0 aromatic heterocycles. The van der Waals surface area contributed by atoms with Crippen molar-refractivity contribution in [1.29, 1.82) is 0 Å². The average molecular weight is 462 g/mol. The molecule has 0 bridgehead atoms. The van der Waals surface area contributed by atoms with E-state index in [2.05, 4.69) is 0 Å². The lowest BCUT2D eigenvalue weighted by atomic mass is 10.2. The maximum Gasteiger partial charge on any atom is 0.269 e. The number of piperazine rings is 1. The average Bonchev–Trinajstić information content (AvgIpc) is 3.08. The third-order valence-electron chi connectivity index (χ3n) is 5.62. The summed E-state index contributed by atoms with van der Waals surface area (Å²) in [7, 11) is -3.86. The van der Waals surface area contributed by atoms with E-state index < -0.39 is 38.6 Å². The zero-order chi connectivity index (χ0) is 23.0. The lowest BCUT2D eigenvalue weighted by molar-refractivity contribution is -0.384. The van der Waals surface area contributed by atoms with Crippen molar-refractivity contribution >= 4 is 33.2 Å². The molecule has 0 unspecified atom stereocenters. The highest BCUT2D eigenvalue weighted by atomic mass is 32.2. The number of nitrogens with zero attached hydrogens (tertiary/aromatic N) is 4. The number of hydrogen-bond acceptors (Lipinski definition) is 7. The summed E-state index contributed by atoms with van der Waals surface area (Å²) in [5.41, 5.74) is -0.304. The third-order valence-corrected chi connectivity index (χ3v) is 7.53. The van der Waals surface area contributed by atoms with Crippen molar-refractivity contribution in [3.05, 3.63) is 64.5 Å². The number of benzene rings is 2. The van der Waals surface area contributed by atoms with Gasteiger partial charge in [-0.1, -0.05) is 12.1 Å². The first-order chi connectivity index (χ1) is 15.2. The van der Waals surface area contributed by atoms with Crippen LogP contribution in [0, 0.1) is 15.9 Å². The molecule has 10 nitrogen and oxygen atoms in total. The van der Waals surface area contributed by atoms with Gasteiger partial charge in [0.05, 0.1) is 28.0 Å². The van der Waals surface area contributed by atoms with Crippen LogP contribution >= 0.6 is 0 Å². The molecule has 1 atom stereocenters. The lowest BCUT2D eigenvalue weighted by Gasteiger charge is -2.36. The smallest absolute Gasteiger partial charge is 0.269 e. The van der Waals surface area contributed by atoms with Crippen LogP contribution in [0.4, 0.5) is 15.8 Å². The largest absolute Gasteiger partial charge is 0.289 e. The van der Waals surface area contributed by atoms with E-state index in [1.165, 1.54) is 40.7 Å². The summed E-state index contributed by atoms with van der Waals surface area (Å²) in [4.78, 5) is 38.0. The molecule has 0 N–H and O–H groups in total. The Labute approximate surface area is 183 Å². The minimum atomic E-state index is -3.86. The van der Waals surface area contributed by atoms with Crippen molar-refractivity contribution in [2.45, 2.75) is 17.4 Å². The standard InChI is InChI=1S/C20H19FN4O6S/c21-16-3-1-2-4-17(16)24-19(26)13-18(20(24)27)22-9-11-23(12-10-22)32(30,31)15-7-5-14(6-8-15)25(28)29/h1-8,18H,9-13H2/t18-/m1/s1. The van der Waals surface area contributed by atoms with Crippen LogP contribution in [-0.4, -0.2) is 66.6 Å². The van der Waals surface area contributed by atoms with Crippen LogP contribution in [0.5, 0.6) is 0 Å². The fraction of sp³-hybridized carbons (Fsp3) is 0.300. The molecule has 2 aromatic carbocycles. The fourth-order valence-corrected chi connectivity index (χ4v) is 5.35. The lowest BCUT2D eigenvalue weighted by Crippen LogP contribution is -2.53. The summed E-state index contributed by atoms with van der Waals surface area (Å²) in [5.74, 6) is -1.72. The Bertz CT molecular complexity index is 1180. The number of amides is 2. The van der Waals surface area contributed by atoms with Gasteiger partial charge in [-0.25, -0.2) is 17.7 Å². The molecule has 32 heavy (non-hydrogen) atoms. The van der Waals surface area contributed by atoms with Gasteiger partial charge in [0.25, 0.3) is 11.6 Å². The van der Waals surface area contributed by atoms with Crippen molar-refractivity contribution in [3.8, 4) is 0 Å². The molecule has 2 aromatic rings. The Kier molecular flexibility index (Phi) is 5.75. The van der Waals surface area contributed by atoms with Gasteiger partial charge in [0, 0.05) is 38.3 Å². The molecule has 0 spiro atoms. The molecule has 2 aliphatic heterocycles. The number of rotatable bonds is 5. The fourth-order valence-electron chi connectivity index (χ4n) is 3.93. The second kappa shape index (κ2) is 8.37. The zero-order valence-corrected chi connectivity index (χ0v) is 17.6. The summed E-state index contributed by atoms with van der Waals surface area (Å²) in [6, 6.07) is 9.38. The summed E-state index contributed by atoms with van der Waals surface area (Å²) in [6.45, 7) is 0.579. The minimum absolute atomic E-state index is 0.0607. The van der Waals surface area contributed by atoms with E-state index in [1.54, 1.807) is 4.90 Å². The number of halogens is 1. The quantitative estimate of drug-likeness (QED) is 0.374. The van der Waals surface area contributed by atoms with Gasteiger partial charge >= 0.3 is 0 Å². The number of carbonyl (C=O) groups excluding carboxylic acids is 2. The molecule has 12 heteroatoms.